The van der Waals surface area contributed by atoms with Gasteiger partial charge in [-0.15, -0.1) is 0 Å². The lowest BCUT2D eigenvalue weighted by molar-refractivity contribution is -0.131. The van der Waals surface area contributed by atoms with E-state index in [4.69, 9.17) is 16.7 Å². The van der Waals surface area contributed by atoms with E-state index in [1.54, 1.807) is 6.07 Å². The molecule has 0 aliphatic carbocycles. The zero-order valence-electron chi connectivity index (χ0n) is 10.9. The van der Waals surface area contributed by atoms with Crippen LogP contribution in [0.1, 0.15) is 19.4 Å². The van der Waals surface area contributed by atoms with Crippen LogP contribution in [-0.2, 0) is 4.79 Å². The number of rotatable bonds is 5. The van der Waals surface area contributed by atoms with E-state index in [0.717, 1.165) is 23.9 Å². The summed E-state index contributed by atoms with van der Waals surface area (Å²) in [5.74, 6) is -0.412. The Kier molecular flexibility index (Phi) is 5.23. The lowest BCUT2D eigenvalue weighted by Crippen LogP contribution is -2.22. The van der Waals surface area contributed by atoms with E-state index in [0.29, 0.717) is 10.9 Å². The minimum Gasteiger partial charge on any atom is -0.478 e. The maximum atomic E-state index is 10.4. The monoisotopic (exact) mass is 267 g/mol. The highest BCUT2D eigenvalue weighted by atomic mass is 35.5. The van der Waals surface area contributed by atoms with E-state index in [9.17, 15) is 4.79 Å². The summed E-state index contributed by atoms with van der Waals surface area (Å²) >= 11 is 6.20. The summed E-state index contributed by atoms with van der Waals surface area (Å²) in [4.78, 5) is 12.5. The van der Waals surface area contributed by atoms with Crippen LogP contribution in [0.25, 0.3) is 6.08 Å². The number of aliphatic carboxylic acids is 1. The van der Waals surface area contributed by atoms with Crippen molar-refractivity contribution in [3.8, 4) is 0 Å². The molecule has 0 fully saturated rings. The van der Waals surface area contributed by atoms with Crippen LogP contribution in [0.15, 0.2) is 24.3 Å². The fourth-order valence-corrected chi connectivity index (χ4v) is 2.08. The van der Waals surface area contributed by atoms with Gasteiger partial charge in [0.2, 0.25) is 0 Å². The molecule has 4 heteroatoms. The highest BCUT2D eigenvalue weighted by molar-refractivity contribution is 6.33. The molecule has 0 saturated heterocycles. The van der Waals surface area contributed by atoms with Gasteiger partial charge in [-0.3, -0.25) is 0 Å². The maximum Gasteiger partial charge on any atom is 0.328 e. The fraction of sp³-hybridized carbons (Fsp3) is 0.357. The second-order valence-corrected chi connectivity index (χ2v) is 5.06. The molecule has 0 amide bonds. The molecule has 0 aliphatic heterocycles. The van der Waals surface area contributed by atoms with E-state index >= 15 is 0 Å². The van der Waals surface area contributed by atoms with Crippen LogP contribution < -0.4 is 4.90 Å². The van der Waals surface area contributed by atoms with E-state index in [1.165, 1.54) is 6.08 Å². The summed E-state index contributed by atoms with van der Waals surface area (Å²) in [5.41, 5.74) is 1.74. The lowest BCUT2D eigenvalue weighted by Gasteiger charge is -2.22. The minimum atomic E-state index is -0.966. The predicted molar refractivity (Wildman–Crippen MR) is 76.2 cm³/mol. The Hall–Kier alpha value is -1.48. The zero-order chi connectivity index (χ0) is 13.7. The van der Waals surface area contributed by atoms with Gasteiger partial charge in [-0.2, -0.15) is 0 Å². The summed E-state index contributed by atoms with van der Waals surface area (Å²) in [6.07, 6.45) is 2.63. The molecule has 0 atom stereocenters. The van der Waals surface area contributed by atoms with Crippen molar-refractivity contribution in [1.29, 1.82) is 0 Å². The summed E-state index contributed by atoms with van der Waals surface area (Å²) in [7, 11) is 1.99. The number of nitrogens with zero attached hydrogens (tertiary/aromatic N) is 1. The van der Waals surface area contributed by atoms with E-state index in [2.05, 4.69) is 18.7 Å². The highest BCUT2D eigenvalue weighted by Crippen LogP contribution is 2.27. The Labute approximate surface area is 113 Å². The van der Waals surface area contributed by atoms with Crippen LogP contribution >= 0.6 is 11.6 Å². The number of halogens is 1. The topological polar surface area (TPSA) is 40.5 Å². The van der Waals surface area contributed by atoms with Crippen LogP contribution in [0.5, 0.6) is 0 Å². The maximum absolute atomic E-state index is 10.4. The first-order chi connectivity index (χ1) is 8.40. The molecule has 0 spiro atoms. The summed E-state index contributed by atoms with van der Waals surface area (Å²) in [6, 6.07) is 5.54. The molecular weight excluding hydrogens is 250 g/mol. The smallest absolute Gasteiger partial charge is 0.328 e. The zero-order valence-corrected chi connectivity index (χ0v) is 11.6. The van der Waals surface area contributed by atoms with Gasteiger partial charge in [0.15, 0.2) is 0 Å². The molecule has 0 radical (unpaired) electrons. The molecule has 0 heterocycles. The fourth-order valence-electron chi connectivity index (χ4n) is 1.75. The first kappa shape index (κ1) is 14.6. The Bertz CT molecular complexity index is 455. The van der Waals surface area contributed by atoms with E-state index in [1.807, 2.05) is 19.2 Å². The van der Waals surface area contributed by atoms with Gasteiger partial charge < -0.3 is 10.0 Å². The Morgan fingerprint density at radius 2 is 2.17 bits per heavy atom. The molecule has 0 aromatic heterocycles. The number of hydrogen-bond acceptors (Lipinski definition) is 2. The normalized spacial score (nSPS) is 11.2. The standard InChI is InChI=1S/C14H18ClNO2/c1-10(2)9-16(3)13-6-4-11(8-12(13)15)5-7-14(17)18/h4-8,10H,9H2,1-3H3,(H,17,18)/b7-5+. The molecule has 0 aliphatic rings. The average Bonchev–Trinajstić information content (AvgIpc) is 2.25. The van der Waals surface area contributed by atoms with Crippen molar-refractivity contribution in [3.05, 3.63) is 34.9 Å². The molecule has 18 heavy (non-hydrogen) atoms. The van der Waals surface area contributed by atoms with Gasteiger partial charge in [-0.1, -0.05) is 31.5 Å². The average molecular weight is 268 g/mol. The van der Waals surface area contributed by atoms with E-state index < -0.39 is 5.97 Å². The van der Waals surface area contributed by atoms with Crippen molar-refractivity contribution in [2.24, 2.45) is 5.92 Å². The summed E-state index contributed by atoms with van der Waals surface area (Å²) in [6.45, 7) is 5.22. The number of anilines is 1. The van der Waals surface area contributed by atoms with E-state index in [-0.39, 0.29) is 0 Å². The predicted octanol–water partition coefficient (Wildman–Crippen LogP) is 3.53. The molecule has 1 rings (SSSR count). The van der Waals surface area contributed by atoms with Crippen molar-refractivity contribution >= 4 is 29.3 Å². The van der Waals surface area contributed by atoms with Crippen molar-refractivity contribution in [3.63, 3.8) is 0 Å². The van der Waals surface area contributed by atoms with Crippen LogP contribution in [0.4, 0.5) is 5.69 Å². The molecule has 3 nitrogen and oxygen atoms in total. The number of benzene rings is 1. The Morgan fingerprint density at radius 1 is 1.50 bits per heavy atom. The first-order valence-electron chi connectivity index (χ1n) is 5.82. The van der Waals surface area contributed by atoms with Gasteiger partial charge in [-0.05, 0) is 29.7 Å². The van der Waals surface area contributed by atoms with Crippen molar-refractivity contribution in [2.75, 3.05) is 18.5 Å². The highest BCUT2D eigenvalue weighted by Gasteiger charge is 2.07. The van der Waals surface area contributed by atoms with Crippen LogP contribution in [0, 0.1) is 5.92 Å². The van der Waals surface area contributed by atoms with Crippen LogP contribution in [0.3, 0.4) is 0 Å². The van der Waals surface area contributed by atoms with Gasteiger partial charge >= 0.3 is 5.97 Å². The van der Waals surface area contributed by atoms with Gasteiger partial charge in [0, 0.05) is 19.7 Å². The molecule has 1 aromatic carbocycles. The number of carboxylic acid groups (broad SMARTS) is 1. The number of carbonyl (C=O) groups is 1. The summed E-state index contributed by atoms with van der Waals surface area (Å²) in [5, 5.41) is 9.19. The minimum absolute atomic E-state index is 0.553. The van der Waals surface area contributed by atoms with Crippen LogP contribution in [0.2, 0.25) is 5.02 Å². The molecule has 0 unspecified atom stereocenters. The van der Waals surface area contributed by atoms with Gasteiger partial charge in [0.1, 0.15) is 0 Å². The van der Waals surface area contributed by atoms with Gasteiger partial charge in [0.05, 0.1) is 10.7 Å². The van der Waals surface area contributed by atoms with Gasteiger partial charge in [0.25, 0.3) is 0 Å². The molecule has 1 N–H and O–H groups in total. The second kappa shape index (κ2) is 6.45. The number of carboxylic acids is 1. The molecule has 98 valence electrons. The van der Waals surface area contributed by atoms with Gasteiger partial charge in [-0.25, -0.2) is 4.79 Å². The van der Waals surface area contributed by atoms with Crippen molar-refractivity contribution in [2.45, 2.75) is 13.8 Å². The third-order valence-electron chi connectivity index (χ3n) is 2.44. The second-order valence-electron chi connectivity index (χ2n) is 4.66. The number of hydrogen-bond donors (Lipinski definition) is 1. The first-order valence-corrected chi connectivity index (χ1v) is 6.19. The largest absolute Gasteiger partial charge is 0.478 e. The molecular formula is C14H18ClNO2. The molecule has 1 aromatic rings. The van der Waals surface area contributed by atoms with Crippen LogP contribution in [-0.4, -0.2) is 24.7 Å². The SMILES string of the molecule is CC(C)CN(C)c1ccc(/C=C/C(=O)O)cc1Cl. The van der Waals surface area contributed by atoms with Crippen molar-refractivity contribution in [1.82, 2.24) is 0 Å². The lowest BCUT2D eigenvalue weighted by atomic mass is 10.1. The quantitative estimate of drug-likeness (QED) is 0.830. The molecule has 0 bridgehead atoms. The summed E-state index contributed by atoms with van der Waals surface area (Å²) < 4.78 is 0. The Morgan fingerprint density at radius 3 is 2.67 bits per heavy atom. The Balaban J connectivity index is 2.89. The van der Waals surface area contributed by atoms with Crippen molar-refractivity contribution < 1.29 is 9.90 Å². The third-order valence-corrected chi connectivity index (χ3v) is 2.74. The molecule has 0 saturated carbocycles. The third kappa shape index (κ3) is 4.41.